The van der Waals surface area contributed by atoms with Gasteiger partial charge in [-0.1, -0.05) is 29.3 Å². The number of hydrogen-bond donors (Lipinski definition) is 2. The van der Waals surface area contributed by atoms with Crippen LogP contribution < -0.4 is 10.6 Å². The minimum Gasteiger partial charge on any atom is -0.450 e. The number of nitrogens with one attached hydrogen (secondary N) is 2. The highest BCUT2D eigenvalue weighted by Crippen LogP contribution is 2.41. The molecule has 3 heterocycles. The van der Waals surface area contributed by atoms with E-state index in [1.54, 1.807) is 24.0 Å². The van der Waals surface area contributed by atoms with Gasteiger partial charge >= 0.3 is 6.09 Å². The number of ether oxygens (including phenoxy) is 1. The summed E-state index contributed by atoms with van der Waals surface area (Å²) in [5, 5.41) is 8.06. The molecule has 0 fully saturated rings. The highest BCUT2D eigenvalue weighted by molar-refractivity contribution is 7.16. The van der Waals surface area contributed by atoms with Crippen molar-refractivity contribution in [3.05, 3.63) is 49.8 Å². The van der Waals surface area contributed by atoms with Crippen LogP contribution in [0.4, 0.5) is 9.80 Å². The van der Waals surface area contributed by atoms with Crippen molar-refractivity contribution >= 4 is 51.5 Å². The molecular weight excluding hydrogens is 409 g/mol. The van der Waals surface area contributed by atoms with E-state index in [0.717, 1.165) is 21.0 Å². The van der Waals surface area contributed by atoms with Crippen molar-refractivity contribution in [1.29, 1.82) is 0 Å². The second-order valence-electron chi connectivity index (χ2n) is 6.30. The first-order valence-electron chi connectivity index (χ1n) is 8.56. The molecule has 0 spiro atoms. The summed E-state index contributed by atoms with van der Waals surface area (Å²) in [7, 11) is 0. The van der Waals surface area contributed by atoms with E-state index >= 15 is 0 Å². The zero-order valence-electron chi connectivity index (χ0n) is 14.5. The van der Waals surface area contributed by atoms with Crippen molar-refractivity contribution in [1.82, 2.24) is 10.2 Å². The van der Waals surface area contributed by atoms with Gasteiger partial charge in [-0.05, 0) is 36.6 Å². The number of benzene rings is 1. The van der Waals surface area contributed by atoms with Gasteiger partial charge in [0, 0.05) is 11.4 Å². The number of carbonyl (C=O) groups is 2. The number of thiophene rings is 1. The van der Waals surface area contributed by atoms with Gasteiger partial charge in [-0.2, -0.15) is 0 Å². The lowest BCUT2D eigenvalue weighted by Gasteiger charge is -2.28. The van der Waals surface area contributed by atoms with Gasteiger partial charge in [0.25, 0.3) is 5.91 Å². The lowest BCUT2D eigenvalue weighted by molar-refractivity contribution is 0.0934. The molecule has 1 aromatic heterocycles. The van der Waals surface area contributed by atoms with E-state index in [-0.39, 0.29) is 18.2 Å². The Morgan fingerprint density at radius 2 is 2.15 bits per heavy atom. The zero-order chi connectivity index (χ0) is 19.1. The van der Waals surface area contributed by atoms with E-state index in [2.05, 4.69) is 10.6 Å². The summed E-state index contributed by atoms with van der Waals surface area (Å²) in [4.78, 5) is 27.4. The maximum atomic E-state index is 12.8. The van der Waals surface area contributed by atoms with Crippen LogP contribution in [0.1, 0.15) is 39.5 Å². The van der Waals surface area contributed by atoms with Crippen LogP contribution in [0.2, 0.25) is 10.0 Å². The second-order valence-corrected chi connectivity index (χ2v) is 8.22. The van der Waals surface area contributed by atoms with Crippen molar-refractivity contribution < 1.29 is 14.3 Å². The number of nitrogens with zero attached hydrogens (tertiary/aromatic N) is 1. The molecule has 2 amide bonds. The Kier molecular flexibility index (Phi) is 4.92. The van der Waals surface area contributed by atoms with Crippen LogP contribution in [0.25, 0.3) is 0 Å². The van der Waals surface area contributed by atoms with Crippen LogP contribution in [-0.4, -0.2) is 30.1 Å². The molecule has 142 valence electrons. The molecule has 27 heavy (non-hydrogen) atoms. The number of anilines is 1. The molecule has 0 saturated heterocycles. The first-order chi connectivity index (χ1) is 13.0. The predicted molar refractivity (Wildman–Crippen MR) is 106 cm³/mol. The number of amides is 2. The minimum absolute atomic E-state index is 0.123. The second kappa shape index (κ2) is 7.22. The fourth-order valence-corrected chi connectivity index (χ4v) is 4.94. The average molecular weight is 426 g/mol. The summed E-state index contributed by atoms with van der Waals surface area (Å²) in [6, 6.07) is 5.27. The van der Waals surface area contributed by atoms with E-state index < -0.39 is 0 Å². The molecule has 0 radical (unpaired) electrons. The average Bonchev–Trinajstić information content (AvgIpc) is 3.02. The Bertz CT molecular complexity index is 931. The molecule has 6 nitrogen and oxygen atoms in total. The lowest BCUT2D eigenvalue weighted by atomic mass is 10.0. The van der Waals surface area contributed by atoms with Crippen LogP contribution in [0, 0.1) is 0 Å². The molecule has 2 aromatic rings. The van der Waals surface area contributed by atoms with Gasteiger partial charge < -0.3 is 20.3 Å². The molecule has 2 N–H and O–H groups in total. The van der Waals surface area contributed by atoms with Crippen molar-refractivity contribution in [3.8, 4) is 0 Å². The molecule has 0 bridgehead atoms. The molecule has 0 unspecified atom stereocenters. The van der Waals surface area contributed by atoms with Gasteiger partial charge in [0.05, 0.1) is 28.8 Å². The Labute approximate surface area is 170 Å². The Morgan fingerprint density at radius 1 is 1.33 bits per heavy atom. The molecule has 0 saturated carbocycles. The Hall–Kier alpha value is -1.96. The van der Waals surface area contributed by atoms with Gasteiger partial charge in [-0.25, -0.2) is 4.79 Å². The summed E-state index contributed by atoms with van der Waals surface area (Å²) in [5.41, 5.74) is 2.51. The summed E-state index contributed by atoms with van der Waals surface area (Å²) >= 11 is 13.6. The summed E-state index contributed by atoms with van der Waals surface area (Å²) in [6.45, 7) is 3.13. The number of hydrogen-bond acceptors (Lipinski definition) is 5. The van der Waals surface area contributed by atoms with Crippen molar-refractivity contribution in [3.63, 3.8) is 0 Å². The molecule has 1 atom stereocenters. The summed E-state index contributed by atoms with van der Waals surface area (Å²) < 4.78 is 5.09. The van der Waals surface area contributed by atoms with Gasteiger partial charge in [0.1, 0.15) is 11.2 Å². The number of fused-ring (bicyclic) bond motifs is 3. The number of rotatable bonds is 2. The summed E-state index contributed by atoms with van der Waals surface area (Å²) in [5.74, 6) is -0.123. The van der Waals surface area contributed by atoms with Crippen molar-refractivity contribution in [2.75, 3.05) is 18.5 Å². The smallest absolute Gasteiger partial charge is 0.410 e. The molecule has 2 aliphatic rings. The monoisotopic (exact) mass is 425 g/mol. The van der Waals surface area contributed by atoms with Crippen LogP contribution in [0.3, 0.4) is 0 Å². The standard InChI is InChI=1S/C18H17Cl2N3O3S/c1-2-26-18(25)23-6-5-10-13(8-23)27-17-14(10)16(24)21-15(22-17)9-3-4-11(19)12(20)7-9/h3-4,7,15,22H,2,5-6,8H2,1H3,(H,21,24)/t15-/m1/s1. The van der Waals surface area contributed by atoms with Gasteiger partial charge in [0.15, 0.2) is 0 Å². The third-order valence-electron chi connectivity index (χ3n) is 4.64. The Morgan fingerprint density at radius 3 is 2.89 bits per heavy atom. The first-order valence-corrected chi connectivity index (χ1v) is 10.1. The molecule has 9 heteroatoms. The quantitative estimate of drug-likeness (QED) is 0.746. The zero-order valence-corrected chi connectivity index (χ0v) is 16.8. The van der Waals surface area contributed by atoms with Crippen LogP contribution >= 0.6 is 34.5 Å². The first kappa shape index (κ1) is 18.4. The third-order valence-corrected chi connectivity index (χ3v) is 6.52. The molecule has 1 aromatic carbocycles. The fraction of sp³-hybridized carbons (Fsp3) is 0.333. The number of carbonyl (C=O) groups excluding carboxylic acids is 2. The normalized spacial score (nSPS) is 18.3. The molecule has 0 aliphatic carbocycles. The fourth-order valence-electron chi connectivity index (χ4n) is 3.35. The largest absolute Gasteiger partial charge is 0.450 e. The van der Waals surface area contributed by atoms with Crippen molar-refractivity contribution in [2.24, 2.45) is 0 Å². The summed E-state index contributed by atoms with van der Waals surface area (Å²) in [6.07, 6.45) is -0.0753. The third kappa shape index (κ3) is 3.35. The molecular formula is C18H17Cl2N3O3S. The van der Waals surface area contributed by atoms with Gasteiger partial charge in [-0.15, -0.1) is 11.3 Å². The van der Waals surface area contributed by atoms with E-state index in [1.165, 1.54) is 11.3 Å². The van der Waals surface area contributed by atoms with Gasteiger partial charge in [0.2, 0.25) is 0 Å². The van der Waals surface area contributed by atoms with Crippen LogP contribution in [0.5, 0.6) is 0 Å². The molecule has 4 rings (SSSR count). The van der Waals surface area contributed by atoms with E-state index in [1.807, 2.05) is 6.07 Å². The Balaban J connectivity index is 1.60. The van der Waals surface area contributed by atoms with E-state index in [9.17, 15) is 9.59 Å². The lowest BCUT2D eigenvalue weighted by Crippen LogP contribution is -2.39. The van der Waals surface area contributed by atoms with Crippen LogP contribution in [0.15, 0.2) is 18.2 Å². The van der Waals surface area contributed by atoms with Crippen LogP contribution in [-0.2, 0) is 17.7 Å². The van der Waals surface area contributed by atoms with E-state index in [4.69, 9.17) is 27.9 Å². The minimum atomic E-state index is -0.388. The topological polar surface area (TPSA) is 70.7 Å². The maximum absolute atomic E-state index is 12.8. The van der Waals surface area contributed by atoms with E-state index in [0.29, 0.717) is 41.7 Å². The molecule has 2 aliphatic heterocycles. The van der Waals surface area contributed by atoms with Gasteiger partial charge in [-0.3, -0.25) is 4.79 Å². The van der Waals surface area contributed by atoms with Crippen molar-refractivity contribution in [2.45, 2.75) is 26.1 Å². The highest BCUT2D eigenvalue weighted by atomic mass is 35.5. The SMILES string of the molecule is CCOC(=O)N1CCc2c(sc3c2C(=O)N[C@@H](c2ccc(Cl)c(Cl)c2)N3)C1. The number of halogens is 2. The highest BCUT2D eigenvalue weighted by Gasteiger charge is 2.34. The predicted octanol–water partition coefficient (Wildman–Crippen LogP) is 4.42. The maximum Gasteiger partial charge on any atom is 0.410 e.